The number of nitrogens with one attached hydrogen (secondary N) is 1. The average molecular weight is 269 g/mol. The number of aryl methyl sites for hydroxylation is 1. The summed E-state index contributed by atoms with van der Waals surface area (Å²) in [6, 6.07) is 2.85. The summed E-state index contributed by atoms with van der Waals surface area (Å²) in [6.07, 6.45) is 1.41. The maximum absolute atomic E-state index is 11.9. The normalized spacial score (nSPS) is 11.6. The van der Waals surface area contributed by atoms with Crippen molar-refractivity contribution in [2.45, 2.75) is 18.4 Å². The Morgan fingerprint density at radius 2 is 2.28 bits per heavy atom. The Balaban J connectivity index is 2.16. The van der Waals surface area contributed by atoms with E-state index in [-0.39, 0.29) is 23.1 Å². The molecule has 2 aromatic heterocycles. The van der Waals surface area contributed by atoms with Crippen LogP contribution in [0.2, 0.25) is 0 Å². The third-order valence-corrected chi connectivity index (χ3v) is 3.52. The first-order valence-electron chi connectivity index (χ1n) is 4.98. The molecule has 0 atom stereocenters. The lowest BCUT2D eigenvalue weighted by molar-refractivity contribution is 0.372. The minimum atomic E-state index is -3.75. The standard InChI is InChI=1S/C9H11N5O3S/c1-6-13-8(17-14-6)5-12-18(15,16)7-3-2-4-11-9(7)10/h2-4,12H,5H2,1H3,(H2,10,11). The molecule has 9 heteroatoms. The van der Waals surface area contributed by atoms with Gasteiger partial charge < -0.3 is 10.3 Å². The van der Waals surface area contributed by atoms with Gasteiger partial charge in [0.05, 0.1) is 6.54 Å². The van der Waals surface area contributed by atoms with E-state index in [4.69, 9.17) is 10.3 Å². The molecule has 0 radical (unpaired) electrons. The Morgan fingerprint density at radius 3 is 2.89 bits per heavy atom. The first-order chi connectivity index (χ1) is 8.49. The average Bonchev–Trinajstić information content (AvgIpc) is 2.73. The number of nitrogen functional groups attached to an aromatic ring is 1. The zero-order chi connectivity index (χ0) is 13.2. The topological polar surface area (TPSA) is 124 Å². The van der Waals surface area contributed by atoms with E-state index in [2.05, 4.69) is 19.8 Å². The van der Waals surface area contributed by atoms with E-state index in [0.29, 0.717) is 5.82 Å². The van der Waals surface area contributed by atoms with Crippen LogP contribution in [-0.2, 0) is 16.6 Å². The molecule has 2 rings (SSSR count). The van der Waals surface area contributed by atoms with Crippen LogP contribution in [0.4, 0.5) is 5.82 Å². The molecule has 0 aliphatic carbocycles. The number of hydrogen-bond acceptors (Lipinski definition) is 7. The molecule has 0 spiro atoms. The summed E-state index contributed by atoms with van der Waals surface area (Å²) in [5.41, 5.74) is 5.50. The van der Waals surface area contributed by atoms with Crippen molar-refractivity contribution in [3.8, 4) is 0 Å². The predicted molar refractivity (Wildman–Crippen MR) is 61.7 cm³/mol. The molecule has 0 bridgehead atoms. The van der Waals surface area contributed by atoms with E-state index in [0.717, 1.165) is 0 Å². The van der Waals surface area contributed by atoms with Gasteiger partial charge in [-0.1, -0.05) is 5.16 Å². The second-order valence-electron chi connectivity index (χ2n) is 3.45. The molecule has 0 amide bonds. The van der Waals surface area contributed by atoms with Crippen LogP contribution in [0.3, 0.4) is 0 Å². The van der Waals surface area contributed by atoms with Gasteiger partial charge in [-0.25, -0.2) is 18.1 Å². The quantitative estimate of drug-likeness (QED) is 0.789. The number of anilines is 1. The molecule has 0 fully saturated rings. The van der Waals surface area contributed by atoms with Crippen molar-refractivity contribution < 1.29 is 12.9 Å². The van der Waals surface area contributed by atoms with Gasteiger partial charge in [0.2, 0.25) is 15.9 Å². The van der Waals surface area contributed by atoms with Crippen LogP contribution in [0.15, 0.2) is 27.7 Å². The van der Waals surface area contributed by atoms with E-state index in [1.165, 1.54) is 18.3 Å². The van der Waals surface area contributed by atoms with Gasteiger partial charge in [0.25, 0.3) is 0 Å². The lowest BCUT2D eigenvalue weighted by atomic mass is 10.5. The third kappa shape index (κ3) is 2.63. The fourth-order valence-electron chi connectivity index (χ4n) is 1.28. The van der Waals surface area contributed by atoms with Gasteiger partial charge in [0.1, 0.15) is 10.7 Å². The number of nitrogens with zero attached hydrogens (tertiary/aromatic N) is 3. The summed E-state index contributed by atoms with van der Waals surface area (Å²) in [7, 11) is -3.75. The maximum Gasteiger partial charge on any atom is 0.244 e. The zero-order valence-electron chi connectivity index (χ0n) is 9.49. The molecule has 8 nitrogen and oxygen atoms in total. The summed E-state index contributed by atoms with van der Waals surface area (Å²) < 4.78 is 30.9. The zero-order valence-corrected chi connectivity index (χ0v) is 10.3. The van der Waals surface area contributed by atoms with Gasteiger partial charge in [-0.3, -0.25) is 0 Å². The van der Waals surface area contributed by atoms with E-state index >= 15 is 0 Å². The van der Waals surface area contributed by atoms with E-state index in [1.807, 2.05) is 0 Å². The van der Waals surface area contributed by atoms with E-state index in [1.54, 1.807) is 6.92 Å². The first-order valence-corrected chi connectivity index (χ1v) is 6.47. The van der Waals surface area contributed by atoms with Crippen molar-refractivity contribution in [2.24, 2.45) is 0 Å². The van der Waals surface area contributed by atoms with Crippen molar-refractivity contribution in [1.82, 2.24) is 19.8 Å². The van der Waals surface area contributed by atoms with Crippen molar-refractivity contribution in [1.29, 1.82) is 0 Å². The van der Waals surface area contributed by atoms with Crippen LogP contribution in [0, 0.1) is 6.92 Å². The molecule has 0 saturated carbocycles. The molecule has 0 saturated heterocycles. The lowest BCUT2D eigenvalue weighted by Gasteiger charge is -2.05. The van der Waals surface area contributed by atoms with Gasteiger partial charge in [0, 0.05) is 6.20 Å². The molecular formula is C9H11N5O3S. The predicted octanol–water partition coefficient (Wildman–Crippen LogP) is -0.166. The highest BCUT2D eigenvalue weighted by atomic mass is 32.2. The van der Waals surface area contributed by atoms with E-state index in [9.17, 15) is 8.42 Å². The van der Waals surface area contributed by atoms with Crippen molar-refractivity contribution in [3.63, 3.8) is 0 Å². The molecule has 18 heavy (non-hydrogen) atoms. The van der Waals surface area contributed by atoms with Crippen LogP contribution in [-0.4, -0.2) is 23.5 Å². The summed E-state index contributed by atoms with van der Waals surface area (Å²) in [4.78, 5) is 7.51. The molecular weight excluding hydrogens is 258 g/mol. The number of aromatic nitrogens is 3. The number of rotatable bonds is 4. The Labute approximate surface area is 103 Å². The molecule has 2 heterocycles. The minimum absolute atomic E-state index is 0.0632. The highest BCUT2D eigenvalue weighted by Crippen LogP contribution is 2.14. The van der Waals surface area contributed by atoms with Gasteiger partial charge >= 0.3 is 0 Å². The van der Waals surface area contributed by atoms with Crippen LogP contribution in [0.25, 0.3) is 0 Å². The minimum Gasteiger partial charge on any atom is -0.383 e. The fraction of sp³-hybridized carbons (Fsp3) is 0.222. The van der Waals surface area contributed by atoms with Crippen LogP contribution in [0.1, 0.15) is 11.7 Å². The molecule has 0 aromatic carbocycles. The van der Waals surface area contributed by atoms with E-state index < -0.39 is 10.0 Å². The van der Waals surface area contributed by atoms with Crippen molar-refractivity contribution in [3.05, 3.63) is 30.0 Å². The lowest BCUT2D eigenvalue weighted by Crippen LogP contribution is -2.24. The van der Waals surface area contributed by atoms with Crippen LogP contribution >= 0.6 is 0 Å². The third-order valence-electron chi connectivity index (χ3n) is 2.07. The Morgan fingerprint density at radius 1 is 1.50 bits per heavy atom. The summed E-state index contributed by atoms with van der Waals surface area (Å²) in [5, 5.41) is 3.55. The van der Waals surface area contributed by atoms with Gasteiger partial charge in [-0.05, 0) is 19.1 Å². The summed E-state index contributed by atoms with van der Waals surface area (Å²) in [6.45, 7) is 1.54. The Hall–Kier alpha value is -2.00. The Bertz CT molecular complexity index is 652. The largest absolute Gasteiger partial charge is 0.383 e. The number of pyridine rings is 1. The summed E-state index contributed by atoms with van der Waals surface area (Å²) in [5.74, 6) is 0.551. The van der Waals surface area contributed by atoms with Crippen molar-refractivity contribution >= 4 is 15.8 Å². The molecule has 2 aromatic rings. The monoisotopic (exact) mass is 269 g/mol. The van der Waals surface area contributed by atoms with Gasteiger partial charge in [-0.15, -0.1) is 0 Å². The maximum atomic E-state index is 11.9. The fourth-order valence-corrected chi connectivity index (χ4v) is 2.33. The second kappa shape index (κ2) is 4.70. The number of hydrogen-bond donors (Lipinski definition) is 2. The SMILES string of the molecule is Cc1noc(CNS(=O)(=O)c2cccnc2N)n1. The number of nitrogens with two attached hydrogens (primary N) is 1. The first kappa shape index (κ1) is 12.5. The molecule has 96 valence electrons. The van der Waals surface area contributed by atoms with Crippen LogP contribution < -0.4 is 10.5 Å². The molecule has 0 aliphatic rings. The van der Waals surface area contributed by atoms with Gasteiger partial charge in [0.15, 0.2) is 5.82 Å². The molecule has 0 unspecified atom stereocenters. The Kier molecular flexibility index (Phi) is 3.26. The summed E-state index contributed by atoms with van der Waals surface area (Å²) >= 11 is 0. The smallest absolute Gasteiger partial charge is 0.244 e. The molecule has 0 aliphatic heterocycles. The second-order valence-corrected chi connectivity index (χ2v) is 5.18. The molecule has 3 N–H and O–H groups in total. The van der Waals surface area contributed by atoms with Gasteiger partial charge in [-0.2, -0.15) is 4.98 Å². The number of sulfonamides is 1. The van der Waals surface area contributed by atoms with Crippen molar-refractivity contribution in [2.75, 3.05) is 5.73 Å². The highest BCUT2D eigenvalue weighted by molar-refractivity contribution is 7.89. The highest BCUT2D eigenvalue weighted by Gasteiger charge is 2.18. The van der Waals surface area contributed by atoms with Crippen LogP contribution in [0.5, 0.6) is 0 Å².